The molecule has 1 heterocycles. The summed E-state index contributed by atoms with van der Waals surface area (Å²) in [6.45, 7) is 3.43. The Morgan fingerprint density at radius 3 is 2.65 bits per heavy atom. The van der Waals surface area contributed by atoms with Gasteiger partial charge in [0.05, 0.1) is 6.54 Å². The van der Waals surface area contributed by atoms with E-state index >= 15 is 0 Å². The minimum absolute atomic E-state index is 0.166. The van der Waals surface area contributed by atoms with Gasteiger partial charge in [0, 0.05) is 30.2 Å². The van der Waals surface area contributed by atoms with Crippen molar-refractivity contribution in [3.63, 3.8) is 0 Å². The first-order chi connectivity index (χ1) is 15.1. The number of aryl methyl sites for hydroxylation is 1. The number of benzene rings is 2. The van der Waals surface area contributed by atoms with Crippen LogP contribution in [0.3, 0.4) is 0 Å². The van der Waals surface area contributed by atoms with Crippen LogP contribution < -0.4 is 5.32 Å². The van der Waals surface area contributed by atoms with Crippen molar-refractivity contribution in [2.45, 2.75) is 58.2 Å². The molecule has 4 nitrogen and oxygen atoms in total. The molecule has 0 spiro atoms. The van der Waals surface area contributed by atoms with Crippen LogP contribution in [0.4, 0.5) is 14.9 Å². The van der Waals surface area contributed by atoms with E-state index in [1.807, 2.05) is 11.0 Å². The second kappa shape index (κ2) is 9.82. The average molecular weight is 420 g/mol. The lowest BCUT2D eigenvalue weighted by atomic mass is 9.94. The molecular weight excluding hydrogens is 389 g/mol. The molecule has 1 N–H and O–H groups in total. The van der Waals surface area contributed by atoms with Gasteiger partial charge in [-0.15, -0.1) is 0 Å². The van der Waals surface area contributed by atoms with Crippen LogP contribution in [-0.2, 0) is 13.1 Å². The summed E-state index contributed by atoms with van der Waals surface area (Å²) in [5, 5.41) is 2.91. The lowest BCUT2D eigenvalue weighted by molar-refractivity contribution is 0.161. The fraction of sp³-hybridized carbons (Fsp3) is 0.346. The Morgan fingerprint density at radius 2 is 1.87 bits per heavy atom. The number of amides is 2. The third kappa shape index (κ3) is 5.35. The molecule has 4 rings (SSSR count). The standard InChI is InChI=1S/C26H30FN3O/c1-20-9-5-6-10-21(20)18-29-16-8-15-25(29)19-30(24-13-3-2-4-14-24)26(31)28-23-12-7-11-22(27)17-23/h5-12,15-17,24H,2-4,13-14,18-19H2,1H3,(H,28,31). The molecule has 2 aromatic carbocycles. The van der Waals surface area contributed by atoms with Gasteiger partial charge in [0.25, 0.3) is 0 Å². The maximum absolute atomic E-state index is 13.6. The van der Waals surface area contributed by atoms with Gasteiger partial charge in [-0.05, 0) is 61.2 Å². The summed E-state index contributed by atoms with van der Waals surface area (Å²) in [6.07, 6.45) is 7.59. The van der Waals surface area contributed by atoms with E-state index in [-0.39, 0.29) is 17.9 Å². The maximum Gasteiger partial charge on any atom is 0.322 e. The second-order valence-corrected chi connectivity index (χ2v) is 8.41. The van der Waals surface area contributed by atoms with Crippen LogP contribution in [-0.4, -0.2) is 21.5 Å². The van der Waals surface area contributed by atoms with E-state index in [4.69, 9.17) is 0 Å². The normalized spacial score (nSPS) is 14.4. The fourth-order valence-corrected chi connectivity index (χ4v) is 4.41. The number of halogens is 1. The Kier molecular flexibility index (Phi) is 6.70. The zero-order valence-electron chi connectivity index (χ0n) is 18.1. The Balaban J connectivity index is 1.55. The predicted molar refractivity (Wildman–Crippen MR) is 123 cm³/mol. The Bertz CT molecular complexity index is 1020. The minimum atomic E-state index is -0.353. The van der Waals surface area contributed by atoms with Crippen molar-refractivity contribution >= 4 is 11.7 Å². The van der Waals surface area contributed by atoms with E-state index in [9.17, 15) is 9.18 Å². The molecule has 5 heteroatoms. The smallest absolute Gasteiger partial charge is 0.322 e. The summed E-state index contributed by atoms with van der Waals surface area (Å²) in [5.74, 6) is -0.353. The van der Waals surface area contributed by atoms with Gasteiger partial charge in [0.1, 0.15) is 5.82 Å². The third-order valence-corrected chi connectivity index (χ3v) is 6.21. The number of nitrogens with one attached hydrogen (secondary N) is 1. The van der Waals surface area contributed by atoms with Crippen molar-refractivity contribution in [1.82, 2.24) is 9.47 Å². The molecule has 1 saturated carbocycles. The van der Waals surface area contributed by atoms with Gasteiger partial charge in [-0.2, -0.15) is 0 Å². The number of carbonyl (C=O) groups excluding carboxylic acids is 1. The molecule has 162 valence electrons. The summed E-state index contributed by atoms with van der Waals surface area (Å²) < 4.78 is 15.8. The van der Waals surface area contributed by atoms with Gasteiger partial charge in [0.2, 0.25) is 0 Å². The first-order valence-electron chi connectivity index (χ1n) is 11.1. The van der Waals surface area contributed by atoms with Crippen LogP contribution in [0.25, 0.3) is 0 Å². The van der Waals surface area contributed by atoms with Gasteiger partial charge < -0.3 is 14.8 Å². The number of urea groups is 1. The molecule has 1 aliphatic rings. The quantitative estimate of drug-likeness (QED) is 0.497. The van der Waals surface area contributed by atoms with E-state index in [1.165, 1.54) is 29.7 Å². The van der Waals surface area contributed by atoms with Crippen molar-refractivity contribution in [3.8, 4) is 0 Å². The van der Waals surface area contributed by atoms with Crippen LogP contribution in [0.2, 0.25) is 0 Å². The fourth-order valence-electron chi connectivity index (χ4n) is 4.41. The van der Waals surface area contributed by atoms with E-state index in [0.29, 0.717) is 12.2 Å². The highest BCUT2D eigenvalue weighted by molar-refractivity contribution is 5.89. The summed E-state index contributed by atoms with van der Waals surface area (Å²) >= 11 is 0. The molecule has 0 radical (unpaired) electrons. The highest BCUT2D eigenvalue weighted by Gasteiger charge is 2.26. The van der Waals surface area contributed by atoms with Crippen LogP contribution >= 0.6 is 0 Å². The molecule has 2 amide bonds. The van der Waals surface area contributed by atoms with E-state index in [1.54, 1.807) is 12.1 Å². The molecule has 1 aliphatic carbocycles. The Labute approximate surface area is 183 Å². The minimum Gasteiger partial charge on any atom is -0.345 e. The van der Waals surface area contributed by atoms with Crippen molar-refractivity contribution in [1.29, 1.82) is 0 Å². The van der Waals surface area contributed by atoms with E-state index in [2.05, 4.69) is 53.3 Å². The van der Waals surface area contributed by atoms with Gasteiger partial charge in [-0.25, -0.2) is 9.18 Å². The first kappa shape index (κ1) is 21.2. The summed E-state index contributed by atoms with van der Waals surface area (Å²) in [6, 6.07) is 18.6. The molecule has 0 aliphatic heterocycles. The summed E-state index contributed by atoms with van der Waals surface area (Å²) in [4.78, 5) is 15.2. The molecule has 0 saturated heterocycles. The van der Waals surface area contributed by atoms with Crippen molar-refractivity contribution in [3.05, 3.63) is 89.5 Å². The molecule has 1 fully saturated rings. The molecular formula is C26H30FN3O. The Morgan fingerprint density at radius 1 is 1.06 bits per heavy atom. The van der Waals surface area contributed by atoms with Crippen LogP contribution in [0, 0.1) is 12.7 Å². The van der Waals surface area contributed by atoms with Crippen LogP contribution in [0.1, 0.15) is 48.9 Å². The second-order valence-electron chi connectivity index (χ2n) is 8.41. The third-order valence-electron chi connectivity index (χ3n) is 6.21. The number of nitrogens with zero attached hydrogens (tertiary/aromatic N) is 2. The molecule has 0 unspecified atom stereocenters. The molecule has 3 aromatic rings. The monoisotopic (exact) mass is 419 g/mol. The number of carbonyl (C=O) groups is 1. The van der Waals surface area contributed by atoms with Gasteiger partial charge in [-0.1, -0.05) is 49.6 Å². The van der Waals surface area contributed by atoms with Crippen molar-refractivity contribution in [2.75, 3.05) is 5.32 Å². The number of hydrogen-bond donors (Lipinski definition) is 1. The predicted octanol–water partition coefficient (Wildman–Crippen LogP) is 6.35. The highest BCUT2D eigenvalue weighted by atomic mass is 19.1. The van der Waals surface area contributed by atoms with Crippen molar-refractivity contribution in [2.24, 2.45) is 0 Å². The molecule has 0 bridgehead atoms. The zero-order chi connectivity index (χ0) is 21.6. The van der Waals surface area contributed by atoms with Gasteiger partial charge in [-0.3, -0.25) is 0 Å². The molecule has 1 aromatic heterocycles. The largest absolute Gasteiger partial charge is 0.345 e. The van der Waals surface area contributed by atoms with E-state index < -0.39 is 0 Å². The SMILES string of the molecule is Cc1ccccc1Cn1cccc1CN(C(=O)Nc1cccc(F)c1)C1CCCCC1. The highest BCUT2D eigenvalue weighted by Crippen LogP contribution is 2.25. The van der Waals surface area contributed by atoms with Crippen LogP contribution in [0.15, 0.2) is 66.9 Å². The van der Waals surface area contributed by atoms with Crippen LogP contribution in [0.5, 0.6) is 0 Å². The van der Waals surface area contributed by atoms with E-state index in [0.717, 1.165) is 37.9 Å². The topological polar surface area (TPSA) is 37.3 Å². The van der Waals surface area contributed by atoms with Gasteiger partial charge in [0.15, 0.2) is 0 Å². The molecule has 31 heavy (non-hydrogen) atoms. The lowest BCUT2D eigenvalue weighted by Crippen LogP contribution is -2.43. The van der Waals surface area contributed by atoms with Crippen molar-refractivity contribution < 1.29 is 9.18 Å². The first-order valence-corrected chi connectivity index (χ1v) is 11.1. The number of aromatic nitrogens is 1. The summed E-state index contributed by atoms with van der Waals surface area (Å²) in [7, 11) is 0. The average Bonchev–Trinajstić information content (AvgIpc) is 3.21. The van der Waals surface area contributed by atoms with Gasteiger partial charge >= 0.3 is 6.03 Å². The number of anilines is 1. The zero-order valence-corrected chi connectivity index (χ0v) is 18.1. The Hall–Kier alpha value is -3.08. The lowest BCUT2D eigenvalue weighted by Gasteiger charge is -2.34. The molecule has 0 atom stereocenters. The number of hydrogen-bond acceptors (Lipinski definition) is 1. The summed E-state index contributed by atoms with van der Waals surface area (Å²) in [5.41, 5.74) is 4.12. The maximum atomic E-state index is 13.6. The number of rotatable bonds is 6.